The molecule has 0 fully saturated rings. The number of imide groups is 1. The predicted octanol–water partition coefficient (Wildman–Crippen LogP) is 2.58. The van der Waals surface area contributed by atoms with Crippen molar-refractivity contribution < 1.29 is 19.2 Å². The highest BCUT2D eigenvalue weighted by atomic mass is 35.5. The molecular formula is C16H7ClN2O4. The highest BCUT2D eigenvalue weighted by Crippen LogP contribution is 2.24. The molecule has 23 heavy (non-hydrogen) atoms. The van der Waals surface area contributed by atoms with Gasteiger partial charge in [-0.3, -0.25) is 9.59 Å². The summed E-state index contributed by atoms with van der Waals surface area (Å²) in [6.45, 7) is 0. The maximum atomic E-state index is 12.1. The molecule has 3 rings (SSSR count). The monoisotopic (exact) mass is 326 g/mol. The van der Waals surface area contributed by atoms with Gasteiger partial charge < -0.3 is 4.84 Å². The third-order valence-corrected chi connectivity index (χ3v) is 3.57. The van der Waals surface area contributed by atoms with Crippen molar-refractivity contribution in [2.45, 2.75) is 0 Å². The van der Waals surface area contributed by atoms with Gasteiger partial charge in [0.15, 0.2) is 0 Å². The molecule has 7 heteroatoms. The van der Waals surface area contributed by atoms with E-state index in [4.69, 9.17) is 21.7 Å². The maximum absolute atomic E-state index is 12.1. The van der Waals surface area contributed by atoms with Gasteiger partial charge in [-0.2, -0.15) is 5.26 Å². The Hall–Kier alpha value is -3.17. The molecule has 2 aromatic carbocycles. The van der Waals surface area contributed by atoms with E-state index in [0.29, 0.717) is 5.06 Å². The Kier molecular flexibility index (Phi) is 3.56. The molecule has 0 bridgehead atoms. The standard InChI is InChI=1S/C16H7ClN2O4/c17-13-7-9(5-6-10(13)8-18)16(22)23-19-14(20)11-3-1-2-4-12(11)15(19)21/h1-7H. The summed E-state index contributed by atoms with van der Waals surface area (Å²) in [6.07, 6.45) is 0. The molecular weight excluding hydrogens is 320 g/mol. The number of carbonyl (C=O) groups excluding carboxylic acids is 3. The van der Waals surface area contributed by atoms with Crippen LogP contribution < -0.4 is 0 Å². The van der Waals surface area contributed by atoms with E-state index >= 15 is 0 Å². The molecule has 0 spiro atoms. The molecule has 2 aromatic rings. The summed E-state index contributed by atoms with van der Waals surface area (Å²) in [7, 11) is 0. The first-order valence-corrected chi connectivity index (χ1v) is 6.80. The van der Waals surface area contributed by atoms with Crippen molar-refractivity contribution >= 4 is 29.4 Å². The van der Waals surface area contributed by atoms with E-state index in [1.165, 1.54) is 30.3 Å². The lowest BCUT2D eigenvalue weighted by atomic mass is 10.1. The zero-order valence-electron chi connectivity index (χ0n) is 11.4. The maximum Gasteiger partial charge on any atom is 0.364 e. The Labute approximate surface area is 135 Å². The fourth-order valence-electron chi connectivity index (χ4n) is 2.12. The summed E-state index contributed by atoms with van der Waals surface area (Å²) in [5.74, 6) is -2.34. The molecule has 112 valence electrons. The van der Waals surface area contributed by atoms with Gasteiger partial charge in [0.2, 0.25) is 0 Å². The van der Waals surface area contributed by atoms with Crippen molar-refractivity contribution in [2.75, 3.05) is 0 Å². The zero-order valence-corrected chi connectivity index (χ0v) is 12.2. The Balaban J connectivity index is 1.85. The fraction of sp³-hybridized carbons (Fsp3) is 0. The Bertz CT molecular complexity index is 866. The van der Waals surface area contributed by atoms with Crippen molar-refractivity contribution in [2.24, 2.45) is 0 Å². The minimum absolute atomic E-state index is 0.0190. The van der Waals surface area contributed by atoms with E-state index in [0.717, 1.165) is 0 Å². The predicted molar refractivity (Wildman–Crippen MR) is 78.5 cm³/mol. The van der Waals surface area contributed by atoms with E-state index in [1.54, 1.807) is 12.1 Å². The smallest absolute Gasteiger partial charge is 0.324 e. The molecule has 1 aliphatic heterocycles. The van der Waals surface area contributed by atoms with Crippen LogP contribution >= 0.6 is 11.6 Å². The van der Waals surface area contributed by atoms with Crippen molar-refractivity contribution in [3.05, 3.63) is 69.7 Å². The van der Waals surface area contributed by atoms with Crippen molar-refractivity contribution in [1.82, 2.24) is 5.06 Å². The minimum Gasteiger partial charge on any atom is -0.324 e. The van der Waals surface area contributed by atoms with Crippen molar-refractivity contribution in [1.29, 1.82) is 5.26 Å². The first kappa shape index (κ1) is 14.8. The summed E-state index contributed by atoms with van der Waals surface area (Å²) >= 11 is 5.84. The third kappa shape index (κ3) is 2.43. The number of nitrogens with zero attached hydrogens (tertiary/aromatic N) is 2. The molecule has 1 aliphatic rings. The third-order valence-electron chi connectivity index (χ3n) is 3.26. The quantitative estimate of drug-likeness (QED) is 0.791. The number of nitriles is 1. The number of hydroxylamine groups is 2. The number of halogens is 1. The number of benzene rings is 2. The average molecular weight is 327 g/mol. The Morgan fingerprint density at radius 1 is 1.09 bits per heavy atom. The van der Waals surface area contributed by atoms with Crippen LogP contribution in [0.4, 0.5) is 0 Å². The number of hydrogen-bond donors (Lipinski definition) is 0. The van der Waals surface area contributed by atoms with Gasteiger partial charge in [-0.15, -0.1) is 0 Å². The molecule has 0 saturated heterocycles. The average Bonchev–Trinajstić information content (AvgIpc) is 2.80. The lowest BCUT2D eigenvalue weighted by Crippen LogP contribution is -2.32. The summed E-state index contributed by atoms with van der Waals surface area (Å²) < 4.78 is 0. The van der Waals surface area contributed by atoms with Gasteiger partial charge in [-0.05, 0) is 30.3 Å². The second-order valence-electron chi connectivity index (χ2n) is 4.64. The van der Waals surface area contributed by atoms with Gasteiger partial charge >= 0.3 is 5.97 Å². The van der Waals surface area contributed by atoms with Crippen LogP contribution in [0.15, 0.2) is 42.5 Å². The van der Waals surface area contributed by atoms with Gasteiger partial charge in [0.1, 0.15) is 6.07 Å². The fourth-order valence-corrected chi connectivity index (χ4v) is 2.34. The summed E-state index contributed by atoms with van der Waals surface area (Å²) in [5.41, 5.74) is 0.556. The molecule has 0 radical (unpaired) electrons. The van der Waals surface area contributed by atoms with Gasteiger partial charge in [-0.1, -0.05) is 28.8 Å². The molecule has 0 N–H and O–H groups in total. The van der Waals surface area contributed by atoms with Gasteiger partial charge in [0.05, 0.1) is 27.3 Å². The second-order valence-corrected chi connectivity index (χ2v) is 5.04. The highest BCUT2D eigenvalue weighted by molar-refractivity contribution is 6.32. The summed E-state index contributed by atoms with van der Waals surface area (Å²) in [6, 6.07) is 11.9. The Morgan fingerprint density at radius 2 is 1.70 bits per heavy atom. The molecule has 0 aliphatic carbocycles. The van der Waals surface area contributed by atoms with E-state index in [9.17, 15) is 14.4 Å². The lowest BCUT2D eigenvalue weighted by molar-refractivity contribution is -0.0584. The van der Waals surface area contributed by atoms with Crippen LogP contribution in [0.5, 0.6) is 0 Å². The number of fused-ring (bicyclic) bond motifs is 1. The SMILES string of the molecule is N#Cc1ccc(C(=O)ON2C(=O)c3ccccc3C2=O)cc1Cl. The number of rotatable bonds is 2. The van der Waals surface area contributed by atoms with Crippen molar-refractivity contribution in [3.63, 3.8) is 0 Å². The molecule has 0 unspecified atom stereocenters. The van der Waals surface area contributed by atoms with Crippen LogP contribution in [-0.4, -0.2) is 22.8 Å². The van der Waals surface area contributed by atoms with Crippen LogP contribution in [-0.2, 0) is 4.84 Å². The normalized spacial score (nSPS) is 12.8. The Morgan fingerprint density at radius 3 is 2.22 bits per heavy atom. The van der Waals surface area contributed by atoms with Crippen molar-refractivity contribution in [3.8, 4) is 6.07 Å². The largest absolute Gasteiger partial charge is 0.364 e. The van der Waals surface area contributed by atoms with Crippen LogP contribution in [0.1, 0.15) is 36.6 Å². The molecule has 1 heterocycles. The van der Waals surface area contributed by atoms with Crippen LogP contribution in [0, 0.1) is 11.3 Å². The minimum atomic E-state index is -0.925. The van der Waals surface area contributed by atoms with E-state index in [-0.39, 0.29) is 27.3 Å². The van der Waals surface area contributed by atoms with Crippen LogP contribution in [0.2, 0.25) is 5.02 Å². The molecule has 0 aromatic heterocycles. The molecule has 2 amide bonds. The van der Waals surface area contributed by atoms with Gasteiger partial charge in [0.25, 0.3) is 11.8 Å². The van der Waals surface area contributed by atoms with Gasteiger partial charge in [0, 0.05) is 0 Å². The van der Waals surface area contributed by atoms with Crippen LogP contribution in [0.3, 0.4) is 0 Å². The zero-order chi connectivity index (χ0) is 16.6. The first-order valence-electron chi connectivity index (χ1n) is 6.42. The topological polar surface area (TPSA) is 87.5 Å². The number of carbonyl (C=O) groups is 3. The van der Waals surface area contributed by atoms with E-state index < -0.39 is 17.8 Å². The molecule has 6 nitrogen and oxygen atoms in total. The second kappa shape index (κ2) is 5.55. The molecule has 0 atom stereocenters. The number of hydrogen-bond acceptors (Lipinski definition) is 5. The number of amides is 2. The highest BCUT2D eigenvalue weighted by Gasteiger charge is 2.38. The molecule has 0 saturated carbocycles. The van der Waals surface area contributed by atoms with Crippen LogP contribution in [0.25, 0.3) is 0 Å². The summed E-state index contributed by atoms with van der Waals surface area (Å²) in [4.78, 5) is 41.2. The van der Waals surface area contributed by atoms with Gasteiger partial charge in [-0.25, -0.2) is 4.79 Å². The first-order chi connectivity index (χ1) is 11.0. The summed E-state index contributed by atoms with van der Waals surface area (Å²) in [5, 5.41) is 9.29. The van der Waals surface area contributed by atoms with E-state index in [1.807, 2.05) is 6.07 Å². The lowest BCUT2D eigenvalue weighted by Gasteiger charge is -2.12. The van der Waals surface area contributed by atoms with E-state index in [2.05, 4.69) is 0 Å².